The number of carboxylic acids is 1. The summed E-state index contributed by atoms with van der Waals surface area (Å²) in [5.41, 5.74) is 0. The first-order valence-corrected chi connectivity index (χ1v) is 6.66. The number of carbonyl (C=O) groups is 2. The third-order valence-corrected chi connectivity index (χ3v) is 3.53. The Morgan fingerprint density at radius 2 is 1.89 bits per heavy atom. The van der Waals surface area contributed by atoms with Crippen LogP contribution >= 0.6 is 0 Å². The van der Waals surface area contributed by atoms with Gasteiger partial charge in [0.05, 0.1) is 6.42 Å². The Morgan fingerprint density at radius 3 is 2.33 bits per heavy atom. The number of hydrogen-bond acceptors (Lipinski definition) is 2. The van der Waals surface area contributed by atoms with E-state index in [-0.39, 0.29) is 24.4 Å². The van der Waals surface area contributed by atoms with Gasteiger partial charge in [-0.3, -0.25) is 4.79 Å². The van der Waals surface area contributed by atoms with Gasteiger partial charge in [-0.25, -0.2) is 4.79 Å². The Balaban J connectivity index is 2.28. The molecule has 2 amide bonds. The zero-order valence-corrected chi connectivity index (χ0v) is 11.4. The molecule has 0 aromatic heterocycles. The summed E-state index contributed by atoms with van der Waals surface area (Å²) in [5.74, 6) is 0.478. The lowest BCUT2D eigenvalue weighted by molar-refractivity contribution is -0.137. The van der Waals surface area contributed by atoms with Crippen molar-refractivity contribution in [2.24, 2.45) is 17.8 Å². The van der Waals surface area contributed by atoms with Gasteiger partial charge in [0, 0.05) is 12.6 Å². The highest BCUT2D eigenvalue weighted by atomic mass is 16.4. The number of hydrogen-bond donors (Lipinski definition) is 3. The third-order valence-electron chi connectivity index (χ3n) is 3.53. The van der Waals surface area contributed by atoms with E-state index < -0.39 is 5.97 Å². The molecule has 5 nitrogen and oxygen atoms in total. The van der Waals surface area contributed by atoms with Crippen molar-refractivity contribution >= 4 is 12.0 Å². The minimum absolute atomic E-state index is 0.0384. The molecular weight excluding hydrogens is 232 g/mol. The van der Waals surface area contributed by atoms with Gasteiger partial charge in [0.25, 0.3) is 0 Å². The van der Waals surface area contributed by atoms with Crippen molar-refractivity contribution in [3.05, 3.63) is 0 Å². The molecule has 0 aromatic rings. The lowest BCUT2D eigenvalue weighted by atomic mass is 10.0. The van der Waals surface area contributed by atoms with Crippen molar-refractivity contribution in [1.82, 2.24) is 10.6 Å². The molecule has 2 atom stereocenters. The van der Waals surface area contributed by atoms with Crippen molar-refractivity contribution in [2.45, 2.75) is 46.1 Å². The average molecular weight is 256 g/mol. The van der Waals surface area contributed by atoms with Crippen LogP contribution < -0.4 is 10.6 Å². The number of carboxylic acid groups (broad SMARTS) is 1. The third kappa shape index (κ3) is 5.38. The monoisotopic (exact) mass is 256 g/mol. The molecule has 0 spiro atoms. The fourth-order valence-corrected chi connectivity index (χ4v) is 1.95. The van der Waals surface area contributed by atoms with E-state index in [4.69, 9.17) is 5.11 Å². The number of nitrogens with one attached hydrogen (secondary N) is 2. The molecule has 2 unspecified atom stereocenters. The molecular formula is C13H24N2O3. The standard InChI is InChI=1S/C13H24N2O3/c1-8(2)11(6-12(16)17)15-13(18)14-7-9(3)10-4-5-10/h8-11H,4-7H2,1-3H3,(H,16,17)(H2,14,15,18). The van der Waals surface area contributed by atoms with E-state index in [0.29, 0.717) is 12.5 Å². The molecule has 0 bridgehead atoms. The zero-order valence-electron chi connectivity index (χ0n) is 11.4. The molecule has 0 radical (unpaired) electrons. The summed E-state index contributed by atoms with van der Waals surface area (Å²) in [4.78, 5) is 22.4. The Hall–Kier alpha value is -1.26. The Bertz CT molecular complexity index is 301. The van der Waals surface area contributed by atoms with Crippen LogP contribution in [-0.4, -0.2) is 29.7 Å². The van der Waals surface area contributed by atoms with Gasteiger partial charge in [-0.05, 0) is 30.6 Å². The Labute approximate surface area is 108 Å². The molecule has 1 fully saturated rings. The number of rotatable bonds is 7. The van der Waals surface area contributed by atoms with Crippen LogP contribution in [0.4, 0.5) is 4.79 Å². The van der Waals surface area contributed by atoms with Gasteiger partial charge in [0.2, 0.25) is 0 Å². The molecule has 3 N–H and O–H groups in total. The minimum atomic E-state index is -0.889. The quantitative estimate of drug-likeness (QED) is 0.650. The number of carbonyl (C=O) groups excluding carboxylic acids is 1. The van der Waals surface area contributed by atoms with E-state index in [0.717, 1.165) is 5.92 Å². The van der Waals surface area contributed by atoms with Crippen LogP contribution in [0.1, 0.15) is 40.0 Å². The zero-order chi connectivity index (χ0) is 13.7. The average Bonchev–Trinajstić information content (AvgIpc) is 3.07. The smallest absolute Gasteiger partial charge is 0.315 e. The highest BCUT2D eigenvalue weighted by Crippen LogP contribution is 2.35. The van der Waals surface area contributed by atoms with Gasteiger partial charge in [0.1, 0.15) is 0 Å². The molecule has 1 aliphatic rings. The normalized spacial score (nSPS) is 18.2. The van der Waals surface area contributed by atoms with Crippen molar-refractivity contribution in [2.75, 3.05) is 6.54 Å². The molecule has 1 aliphatic carbocycles. The fraction of sp³-hybridized carbons (Fsp3) is 0.846. The van der Waals surface area contributed by atoms with E-state index in [1.54, 1.807) is 0 Å². The lowest BCUT2D eigenvalue weighted by Gasteiger charge is -2.21. The Kier molecular flexibility index (Phi) is 5.44. The maximum atomic E-state index is 11.7. The molecule has 0 saturated heterocycles. The first-order chi connectivity index (χ1) is 8.40. The van der Waals surface area contributed by atoms with Gasteiger partial charge in [-0.1, -0.05) is 20.8 Å². The van der Waals surface area contributed by atoms with E-state index in [9.17, 15) is 9.59 Å². The van der Waals surface area contributed by atoms with Crippen LogP contribution in [0, 0.1) is 17.8 Å². The second-order valence-corrected chi connectivity index (χ2v) is 5.62. The first kappa shape index (κ1) is 14.8. The Morgan fingerprint density at radius 1 is 1.28 bits per heavy atom. The van der Waals surface area contributed by atoms with Crippen LogP contribution in [0.25, 0.3) is 0 Å². The molecule has 0 aromatic carbocycles. The van der Waals surface area contributed by atoms with Crippen LogP contribution in [-0.2, 0) is 4.79 Å². The van der Waals surface area contributed by atoms with Gasteiger partial charge < -0.3 is 15.7 Å². The predicted octanol–water partition coefficient (Wildman–Crippen LogP) is 1.83. The predicted molar refractivity (Wildman–Crippen MR) is 69.3 cm³/mol. The first-order valence-electron chi connectivity index (χ1n) is 6.66. The summed E-state index contributed by atoms with van der Waals surface area (Å²) in [6.07, 6.45) is 2.49. The van der Waals surface area contributed by atoms with Crippen molar-refractivity contribution in [3.8, 4) is 0 Å². The maximum absolute atomic E-state index is 11.7. The van der Waals surface area contributed by atoms with Gasteiger partial charge in [-0.2, -0.15) is 0 Å². The summed E-state index contributed by atoms with van der Waals surface area (Å²) in [7, 11) is 0. The van der Waals surface area contributed by atoms with E-state index in [1.807, 2.05) is 13.8 Å². The van der Waals surface area contributed by atoms with Crippen molar-refractivity contribution in [3.63, 3.8) is 0 Å². The van der Waals surface area contributed by atoms with Gasteiger partial charge in [-0.15, -0.1) is 0 Å². The molecule has 5 heteroatoms. The van der Waals surface area contributed by atoms with E-state index in [1.165, 1.54) is 12.8 Å². The molecule has 104 valence electrons. The second kappa shape index (κ2) is 6.61. The van der Waals surface area contributed by atoms with Crippen LogP contribution in [0.3, 0.4) is 0 Å². The molecule has 1 saturated carbocycles. The van der Waals surface area contributed by atoms with Crippen LogP contribution in [0.5, 0.6) is 0 Å². The molecule has 0 aliphatic heterocycles. The second-order valence-electron chi connectivity index (χ2n) is 5.62. The van der Waals surface area contributed by atoms with Crippen molar-refractivity contribution < 1.29 is 14.7 Å². The SMILES string of the molecule is CC(C)C(CC(=O)O)NC(=O)NCC(C)C1CC1. The summed E-state index contributed by atoms with van der Waals surface area (Å²) < 4.78 is 0. The molecule has 0 heterocycles. The minimum Gasteiger partial charge on any atom is -0.481 e. The topological polar surface area (TPSA) is 78.4 Å². The number of amides is 2. The summed E-state index contributed by atoms with van der Waals surface area (Å²) >= 11 is 0. The number of aliphatic carboxylic acids is 1. The van der Waals surface area contributed by atoms with Crippen LogP contribution in [0.2, 0.25) is 0 Å². The highest BCUT2D eigenvalue weighted by Gasteiger charge is 2.28. The highest BCUT2D eigenvalue weighted by molar-refractivity contribution is 5.75. The van der Waals surface area contributed by atoms with Gasteiger partial charge in [0.15, 0.2) is 0 Å². The van der Waals surface area contributed by atoms with E-state index in [2.05, 4.69) is 17.6 Å². The van der Waals surface area contributed by atoms with Crippen molar-refractivity contribution in [1.29, 1.82) is 0 Å². The van der Waals surface area contributed by atoms with Crippen LogP contribution in [0.15, 0.2) is 0 Å². The largest absolute Gasteiger partial charge is 0.481 e. The molecule has 1 rings (SSSR count). The number of urea groups is 1. The van der Waals surface area contributed by atoms with Gasteiger partial charge >= 0.3 is 12.0 Å². The summed E-state index contributed by atoms with van der Waals surface area (Å²) in [5, 5.41) is 14.3. The fourth-order valence-electron chi connectivity index (χ4n) is 1.95. The summed E-state index contributed by atoms with van der Waals surface area (Å²) in [6.45, 7) is 6.60. The maximum Gasteiger partial charge on any atom is 0.315 e. The molecule has 18 heavy (non-hydrogen) atoms. The van der Waals surface area contributed by atoms with E-state index >= 15 is 0 Å². The summed E-state index contributed by atoms with van der Waals surface area (Å²) in [6, 6.07) is -0.582. The lowest BCUT2D eigenvalue weighted by Crippen LogP contribution is -2.46.